The summed E-state index contributed by atoms with van der Waals surface area (Å²) >= 11 is 1.43. The zero-order valence-corrected chi connectivity index (χ0v) is 14.9. The van der Waals surface area contributed by atoms with Gasteiger partial charge in [-0.1, -0.05) is 29.8 Å². The van der Waals surface area contributed by atoms with Crippen LogP contribution in [0.25, 0.3) is 21.6 Å². The lowest BCUT2D eigenvalue weighted by atomic mass is 10.0. The molecule has 4 nitrogen and oxygen atoms in total. The van der Waals surface area contributed by atoms with Crippen molar-refractivity contribution in [3.63, 3.8) is 0 Å². The monoisotopic (exact) mass is 341 g/mol. The highest BCUT2D eigenvalue weighted by Crippen LogP contribution is 2.46. The van der Waals surface area contributed by atoms with Crippen molar-refractivity contribution >= 4 is 11.5 Å². The summed E-state index contributed by atoms with van der Waals surface area (Å²) in [5.74, 6) is 2.02. The van der Waals surface area contributed by atoms with E-state index in [1.807, 2.05) is 18.3 Å². The maximum absolute atomic E-state index is 5.60. The number of nitrogens with zero attached hydrogens (tertiary/aromatic N) is 1. The number of hydrogen-bond donors (Lipinski definition) is 0. The molecule has 0 unspecified atom stereocenters. The summed E-state index contributed by atoms with van der Waals surface area (Å²) in [5, 5.41) is 0. The number of aryl methyl sites for hydroxylation is 1. The van der Waals surface area contributed by atoms with Crippen LogP contribution < -0.4 is 14.2 Å². The molecule has 0 saturated carbocycles. The second-order valence-electron chi connectivity index (χ2n) is 5.35. The average molecular weight is 341 g/mol. The predicted octanol–water partition coefficient (Wildman–Crippen LogP) is 4.81. The molecule has 0 aliphatic heterocycles. The molecule has 0 atom stereocenters. The normalized spacial score (nSPS) is 10.5. The Hall–Kier alpha value is -2.53. The molecule has 0 bridgehead atoms. The van der Waals surface area contributed by atoms with Crippen LogP contribution in [0.15, 0.2) is 42.6 Å². The molecule has 24 heavy (non-hydrogen) atoms. The lowest BCUT2D eigenvalue weighted by Crippen LogP contribution is -1.95. The molecule has 0 aliphatic rings. The molecular weight excluding hydrogens is 322 g/mol. The van der Waals surface area contributed by atoms with E-state index in [1.54, 1.807) is 21.3 Å². The molecule has 124 valence electrons. The molecule has 3 rings (SSSR count). The number of benzene rings is 2. The number of hydrogen-bond acceptors (Lipinski definition) is 5. The summed E-state index contributed by atoms with van der Waals surface area (Å²) in [7, 11) is 4.90. The number of methoxy groups -OCH3 is 3. The highest BCUT2D eigenvalue weighted by Gasteiger charge is 2.19. The zero-order valence-electron chi connectivity index (χ0n) is 14.1. The topological polar surface area (TPSA) is 40.6 Å². The Morgan fingerprint density at radius 3 is 2.25 bits per heavy atom. The Morgan fingerprint density at radius 1 is 0.875 bits per heavy atom. The fourth-order valence-electron chi connectivity index (χ4n) is 2.60. The van der Waals surface area contributed by atoms with Crippen molar-refractivity contribution in [2.75, 3.05) is 21.3 Å². The van der Waals surface area contributed by atoms with Crippen LogP contribution in [0.3, 0.4) is 0 Å². The van der Waals surface area contributed by atoms with E-state index in [9.17, 15) is 0 Å². The van der Waals surface area contributed by atoms with Gasteiger partial charge in [0, 0.05) is 23.4 Å². The lowest BCUT2D eigenvalue weighted by molar-refractivity contribution is 0.350. The summed E-state index contributed by atoms with van der Waals surface area (Å²) in [4.78, 5) is 1.02. The maximum atomic E-state index is 5.60. The highest BCUT2D eigenvalue weighted by atomic mass is 32.1. The molecule has 3 aromatic rings. The number of ether oxygens (including phenoxy) is 3. The van der Waals surface area contributed by atoms with Gasteiger partial charge in [-0.25, -0.2) is 0 Å². The fraction of sp³-hybridized carbons (Fsp3) is 0.211. The first kappa shape index (κ1) is 16.3. The van der Waals surface area contributed by atoms with Gasteiger partial charge in [0.15, 0.2) is 11.5 Å². The Labute approximate surface area is 145 Å². The van der Waals surface area contributed by atoms with Gasteiger partial charge in [-0.05, 0) is 30.1 Å². The summed E-state index contributed by atoms with van der Waals surface area (Å²) in [6.07, 6.45) is 1.88. The summed E-state index contributed by atoms with van der Waals surface area (Å²) in [5.41, 5.74) is 4.32. The van der Waals surface area contributed by atoms with Gasteiger partial charge < -0.3 is 14.2 Å². The molecule has 1 heterocycles. The van der Waals surface area contributed by atoms with E-state index in [0.29, 0.717) is 17.2 Å². The van der Waals surface area contributed by atoms with E-state index in [-0.39, 0.29) is 0 Å². The Morgan fingerprint density at radius 2 is 1.62 bits per heavy atom. The minimum Gasteiger partial charge on any atom is -0.497 e. The van der Waals surface area contributed by atoms with Gasteiger partial charge in [0.1, 0.15) is 5.75 Å². The van der Waals surface area contributed by atoms with E-state index in [1.165, 1.54) is 17.1 Å². The molecule has 0 saturated heterocycles. The largest absolute Gasteiger partial charge is 0.497 e. The van der Waals surface area contributed by atoms with Crippen molar-refractivity contribution in [2.24, 2.45) is 0 Å². The first-order chi connectivity index (χ1) is 11.7. The molecule has 0 fully saturated rings. The Kier molecular flexibility index (Phi) is 4.71. The second kappa shape index (κ2) is 6.93. The van der Waals surface area contributed by atoms with Crippen LogP contribution in [0.5, 0.6) is 17.2 Å². The molecule has 2 aromatic carbocycles. The molecule has 0 spiro atoms. The smallest absolute Gasteiger partial charge is 0.169 e. The molecule has 1 aromatic heterocycles. The Bertz CT molecular complexity index is 840. The Balaban J connectivity index is 2.20. The van der Waals surface area contributed by atoms with E-state index in [0.717, 1.165) is 21.6 Å². The first-order valence-electron chi connectivity index (χ1n) is 7.50. The molecule has 5 heteroatoms. The van der Waals surface area contributed by atoms with Gasteiger partial charge in [0.05, 0.1) is 26.2 Å². The zero-order chi connectivity index (χ0) is 17.1. The molecule has 0 aliphatic carbocycles. The standard InChI is InChI=1S/C19H19NO3S/c1-12-5-7-13(8-6-12)16-11-20-24-19(16)15-9-14(21-2)10-17(22-3)18(15)23-4/h5-11H,1-4H3. The molecule has 0 amide bonds. The predicted molar refractivity (Wildman–Crippen MR) is 97.4 cm³/mol. The van der Waals surface area contributed by atoms with E-state index in [4.69, 9.17) is 14.2 Å². The fourth-order valence-corrected chi connectivity index (χ4v) is 3.38. The van der Waals surface area contributed by atoms with Gasteiger partial charge >= 0.3 is 0 Å². The van der Waals surface area contributed by atoms with Gasteiger partial charge in [0.2, 0.25) is 0 Å². The van der Waals surface area contributed by atoms with Crippen molar-refractivity contribution < 1.29 is 14.2 Å². The van der Waals surface area contributed by atoms with Crippen LogP contribution in [0.4, 0.5) is 0 Å². The lowest BCUT2D eigenvalue weighted by Gasteiger charge is -2.14. The van der Waals surface area contributed by atoms with Crippen LogP contribution in [0.2, 0.25) is 0 Å². The minimum absolute atomic E-state index is 0.634. The van der Waals surface area contributed by atoms with E-state index in [2.05, 4.69) is 35.6 Å². The van der Waals surface area contributed by atoms with Crippen molar-refractivity contribution in [3.8, 4) is 38.8 Å². The van der Waals surface area contributed by atoms with Crippen LogP contribution in [0.1, 0.15) is 5.56 Å². The highest BCUT2D eigenvalue weighted by molar-refractivity contribution is 7.10. The van der Waals surface area contributed by atoms with Crippen molar-refractivity contribution in [2.45, 2.75) is 6.92 Å². The molecule has 0 N–H and O–H groups in total. The quantitative estimate of drug-likeness (QED) is 0.668. The number of aromatic nitrogens is 1. The van der Waals surface area contributed by atoms with Gasteiger partial charge in [0.25, 0.3) is 0 Å². The summed E-state index contributed by atoms with van der Waals surface area (Å²) in [6.45, 7) is 2.08. The summed E-state index contributed by atoms with van der Waals surface area (Å²) < 4.78 is 20.9. The summed E-state index contributed by atoms with van der Waals surface area (Å²) in [6, 6.07) is 12.2. The van der Waals surface area contributed by atoms with Crippen LogP contribution in [-0.4, -0.2) is 25.7 Å². The van der Waals surface area contributed by atoms with Crippen LogP contribution in [0, 0.1) is 6.92 Å². The third-order valence-electron chi connectivity index (χ3n) is 3.87. The van der Waals surface area contributed by atoms with Gasteiger partial charge in [-0.2, -0.15) is 4.37 Å². The van der Waals surface area contributed by atoms with Gasteiger partial charge in [-0.3, -0.25) is 0 Å². The molecule has 0 radical (unpaired) electrons. The first-order valence-corrected chi connectivity index (χ1v) is 8.27. The minimum atomic E-state index is 0.634. The average Bonchev–Trinajstić information content (AvgIpc) is 3.10. The SMILES string of the molecule is COc1cc(OC)c(OC)c(-c2sncc2-c2ccc(C)cc2)c1. The van der Waals surface area contributed by atoms with Crippen molar-refractivity contribution in [3.05, 3.63) is 48.2 Å². The van der Waals surface area contributed by atoms with Crippen molar-refractivity contribution in [1.82, 2.24) is 4.37 Å². The third kappa shape index (κ3) is 2.95. The maximum Gasteiger partial charge on any atom is 0.169 e. The third-order valence-corrected chi connectivity index (χ3v) is 4.70. The van der Waals surface area contributed by atoms with Crippen LogP contribution in [-0.2, 0) is 0 Å². The van der Waals surface area contributed by atoms with E-state index >= 15 is 0 Å². The molecular formula is C19H19NO3S. The number of rotatable bonds is 5. The van der Waals surface area contributed by atoms with Crippen LogP contribution >= 0.6 is 11.5 Å². The van der Waals surface area contributed by atoms with E-state index < -0.39 is 0 Å². The second-order valence-corrected chi connectivity index (χ2v) is 6.15. The van der Waals surface area contributed by atoms with Gasteiger partial charge in [-0.15, -0.1) is 0 Å². The van der Waals surface area contributed by atoms with Crippen molar-refractivity contribution in [1.29, 1.82) is 0 Å².